The molecule has 1 saturated heterocycles. The average molecular weight is 430 g/mol. The standard InChI is InChI=1S/C19H29BrFN3O2/c1-22-19(23-9-6-15-14-16(20)4-5-18(15)21)24-10-7-17(8-11-24)26-13-3-12-25-2/h4-5,14,17H,3,6-13H2,1-2H3,(H,22,23). The van der Waals surface area contributed by atoms with E-state index in [1.165, 1.54) is 6.07 Å². The lowest BCUT2D eigenvalue weighted by Crippen LogP contribution is -2.47. The van der Waals surface area contributed by atoms with Crippen LogP contribution in [-0.4, -0.2) is 64.0 Å². The molecule has 0 spiro atoms. The van der Waals surface area contributed by atoms with Crippen molar-refractivity contribution in [2.45, 2.75) is 31.8 Å². The number of hydrogen-bond donors (Lipinski definition) is 1. The molecule has 2 rings (SSSR count). The molecule has 1 aliphatic heterocycles. The molecule has 1 aromatic rings. The number of nitrogens with zero attached hydrogens (tertiary/aromatic N) is 2. The van der Waals surface area contributed by atoms with Crippen molar-refractivity contribution >= 4 is 21.9 Å². The number of guanidine groups is 1. The first-order valence-corrected chi connectivity index (χ1v) is 9.93. The van der Waals surface area contributed by atoms with Crippen LogP contribution in [-0.2, 0) is 15.9 Å². The van der Waals surface area contributed by atoms with Gasteiger partial charge in [-0.05, 0) is 49.4 Å². The maximum atomic E-state index is 13.8. The number of ether oxygens (including phenoxy) is 2. The highest BCUT2D eigenvalue weighted by atomic mass is 79.9. The first kappa shape index (κ1) is 21.1. The van der Waals surface area contributed by atoms with Gasteiger partial charge in [0.15, 0.2) is 5.96 Å². The van der Waals surface area contributed by atoms with Crippen LogP contribution in [0.5, 0.6) is 0 Å². The first-order chi connectivity index (χ1) is 12.6. The summed E-state index contributed by atoms with van der Waals surface area (Å²) in [5.41, 5.74) is 0.700. The molecule has 0 aromatic heterocycles. The zero-order valence-electron chi connectivity index (χ0n) is 15.6. The summed E-state index contributed by atoms with van der Waals surface area (Å²) in [6.45, 7) is 3.98. The minimum Gasteiger partial charge on any atom is -0.385 e. The third kappa shape index (κ3) is 6.85. The molecule has 1 heterocycles. The maximum absolute atomic E-state index is 13.8. The summed E-state index contributed by atoms with van der Waals surface area (Å²) in [6, 6.07) is 5.03. The van der Waals surface area contributed by atoms with Crippen LogP contribution in [0.15, 0.2) is 27.7 Å². The third-order valence-corrected chi connectivity index (χ3v) is 4.98. The minimum atomic E-state index is -0.170. The van der Waals surface area contributed by atoms with E-state index in [-0.39, 0.29) is 5.82 Å². The van der Waals surface area contributed by atoms with Crippen LogP contribution in [0.25, 0.3) is 0 Å². The fraction of sp³-hybridized carbons (Fsp3) is 0.632. The molecule has 5 nitrogen and oxygen atoms in total. The smallest absolute Gasteiger partial charge is 0.193 e. The van der Waals surface area contributed by atoms with E-state index in [2.05, 4.69) is 31.1 Å². The summed E-state index contributed by atoms with van der Waals surface area (Å²) < 4.78 is 25.6. The van der Waals surface area contributed by atoms with Crippen molar-refractivity contribution in [3.05, 3.63) is 34.1 Å². The van der Waals surface area contributed by atoms with Crippen molar-refractivity contribution in [1.82, 2.24) is 10.2 Å². The Morgan fingerprint density at radius 3 is 2.81 bits per heavy atom. The van der Waals surface area contributed by atoms with Gasteiger partial charge >= 0.3 is 0 Å². The first-order valence-electron chi connectivity index (χ1n) is 9.14. The van der Waals surface area contributed by atoms with Crippen molar-refractivity contribution in [3.63, 3.8) is 0 Å². The molecule has 0 aliphatic carbocycles. The highest BCUT2D eigenvalue weighted by molar-refractivity contribution is 9.10. The number of halogens is 2. The summed E-state index contributed by atoms with van der Waals surface area (Å²) in [7, 11) is 3.50. The molecule has 146 valence electrons. The van der Waals surface area contributed by atoms with E-state index in [9.17, 15) is 4.39 Å². The normalized spacial score (nSPS) is 16.2. The van der Waals surface area contributed by atoms with Crippen molar-refractivity contribution in [2.24, 2.45) is 4.99 Å². The Bertz CT molecular complexity index is 578. The van der Waals surface area contributed by atoms with Gasteiger partial charge in [0.2, 0.25) is 0 Å². The van der Waals surface area contributed by atoms with Crippen LogP contribution >= 0.6 is 15.9 Å². The van der Waals surface area contributed by atoms with Crippen LogP contribution in [0.1, 0.15) is 24.8 Å². The number of hydrogen-bond acceptors (Lipinski definition) is 3. The molecule has 0 unspecified atom stereocenters. The average Bonchev–Trinajstić information content (AvgIpc) is 2.66. The second-order valence-corrected chi connectivity index (χ2v) is 7.28. The fourth-order valence-corrected chi connectivity index (χ4v) is 3.47. The third-order valence-electron chi connectivity index (χ3n) is 4.48. The number of methoxy groups -OCH3 is 1. The van der Waals surface area contributed by atoms with Crippen LogP contribution < -0.4 is 5.32 Å². The zero-order chi connectivity index (χ0) is 18.8. The molecule has 0 amide bonds. The van der Waals surface area contributed by atoms with Gasteiger partial charge in [-0.15, -0.1) is 0 Å². The molecule has 1 fully saturated rings. The summed E-state index contributed by atoms with van der Waals surface area (Å²) in [6.07, 6.45) is 3.86. The highest BCUT2D eigenvalue weighted by Crippen LogP contribution is 2.16. The van der Waals surface area contributed by atoms with Crippen LogP contribution in [0.4, 0.5) is 4.39 Å². The molecule has 0 saturated carbocycles. The van der Waals surface area contributed by atoms with E-state index in [0.29, 0.717) is 24.6 Å². The Kier molecular flexibility index (Phi) is 9.36. The molecule has 1 aromatic carbocycles. The van der Waals surface area contributed by atoms with Gasteiger partial charge < -0.3 is 19.7 Å². The van der Waals surface area contributed by atoms with Crippen LogP contribution in [0, 0.1) is 5.82 Å². The lowest BCUT2D eigenvalue weighted by atomic mass is 10.1. The quantitative estimate of drug-likeness (QED) is 0.391. The molecule has 0 radical (unpaired) electrons. The Hall–Kier alpha value is -1.18. The van der Waals surface area contributed by atoms with Crippen molar-refractivity contribution in [2.75, 3.05) is 47.0 Å². The molecule has 1 aliphatic rings. The van der Waals surface area contributed by atoms with Gasteiger partial charge in [0.25, 0.3) is 0 Å². The number of likely N-dealkylation sites (tertiary alicyclic amines) is 1. The highest BCUT2D eigenvalue weighted by Gasteiger charge is 2.21. The summed E-state index contributed by atoms with van der Waals surface area (Å²) in [5.74, 6) is 0.703. The lowest BCUT2D eigenvalue weighted by molar-refractivity contribution is 0.00991. The summed E-state index contributed by atoms with van der Waals surface area (Å²) in [4.78, 5) is 6.61. The van der Waals surface area contributed by atoms with Crippen LogP contribution in [0.2, 0.25) is 0 Å². The topological polar surface area (TPSA) is 46.1 Å². The number of piperidine rings is 1. The lowest BCUT2D eigenvalue weighted by Gasteiger charge is -2.34. The molecule has 1 N–H and O–H groups in total. The molecular formula is C19H29BrFN3O2. The van der Waals surface area contributed by atoms with Gasteiger partial charge in [0.1, 0.15) is 5.82 Å². The number of nitrogens with one attached hydrogen (secondary N) is 1. The van der Waals surface area contributed by atoms with Gasteiger partial charge in [-0.1, -0.05) is 15.9 Å². The minimum absolute atomic E-state index is 0.170. The van der Waals surface area contributed by atoms with Gasteiger partial charge in [-0.2, -0.15) is 0 Å². The zero-order valence-corrected chi connectivity index (χ0v) is 17.2. The largest absolute Gasteiger partial charge is 0.385 e. The fourth-order valence-electron chi connectivity index (χ4n) is 3.06. The maximum Gasteiger partial charge on any atom is 0.193 e. The summed E-state index contributed by atoms with van der Waals surface area (Å²) in [5, 5.41) is 3.35. The Balaban J connectivity index is 1.71. The van der Waals surface area contributed by atoms with Gasteiger partial charge in [-0.3, -0.25) is 4.99 Å². The predicted molar refractivity (Wildman–Crippen MR) is 106 cm³/mol. The van der Waals surface area contributed by atoms with E-state index < -0.39 is 0 Å². The number of benzene rings is 1. The predicted octanol–water partition coefficient (Wildman–Crippen LogP) is 3.22. The van der Waals surface area contributed by atoms with Gasteiger partial charge in [-0.25, -0.2) is 4.39 Å². The SMILES string of the molecule is CN=C(NCCc1cc(Br)ccc1F)N1CCC(OCCCOC)CC1. The summed E-state index contributed by atoms with van der Waals surface area (Å²) >= 11 is 3.39. The molecule has 0 atom stereocenters. The Morgan fingerprint density at radius 2 is 2.12 bits per heavy atom. The molecule has 7 heteroatoms. The van der Waals surface area contributed by atoms with Crippen molar-refractivity contribution in [3.8, 4) is 0 Å². The Morgan fingerprint density at radius 1 is 1.35 bits per heavy atom. The van der Waals surface area contributed by atoms with E-state index >= 15 is 0 Å². The van der Waals surface area contributed by atoms with Gasteiger partial charge in [0.05, 0.1) is 6.10 Å². The number of rotatable bonds is 8. The van der Waals surface area contributed by atoms with E-state index in [1.807, 2.05) is 6.07 Å². The Labute approximate surface area is 164 Å². The van der Waals surface area contributed by atoms with E-state index in [1.54, 1.807) is 20.2 Å². The molecule has 26 heavy (non-hydrogen) atoms. The van der Waals surface area contributed by atoms with E-state index in [4.69, 9.17) is 9.47 Å². The monoisotopic (exact) mass is 429 g/mol. The second-order valence-electron chi connectivity index (χ2n) is 6.36. The van der Waals surface area contributed by atoms with Crippen LogP contribution in [0.3, 0.4) is 0 Å². The molecular weight excluding hydrogens is 401 g/mol. The van der Waals surface area contributed by atoms with E-state index in [0.717, 1.165) is 56.0 Å². The molecule has 0 bridgehead atoms. The van der Waals surface area contributed by atoms with Crippen molar-refractivity contribution in [1.29, 1.82) is 0 Å². The second kappa shape index (κ2) is 11.5. The number of aliphatic imine (C=N–C) groups is 1. The van der Waals surface area contributed by atoms with Gasteiger partial charge in [0, 0.05) is 51.5 Å². The van der Waals surface area contributed by atoms with Crippen molar-refractivity contribution < 1.29 is 13.9 Å².